The maximum atomic E-state index is 12.7. The number of fused-ring (bicyclic) bond motifs is 1. The minimum atomic E-state index is -0.377. The average Bonchev–Trinajstić information content (AvgIpc) is 2.91. The fraction of sp³-hybridized carbons (Fsp3) is 0.474. The minimum Gasteiger partial charge on any atom is -0.459 e. The first-order chi connectivity index (χ1) is 12.3. The van der Waals surface area contributed by atoms with Gasteiger partial charge >= 0.3 is 5.97 Å². The molecule has 1 atom stereocenters. The van der Waals surface area contributed by atoms with E-state index in [4.69, 9.17) is 4.74 Å². The molecule has 1 aliphatic carbocycles. The van der Waals surface area contributed by atoms with Crippen molar-refractivity contribution < 1.29 is 14.3 Å². The molecular formula is C19H23N3O3S. The summed E-state index contributed by atoms with van der Waals surface area (Å²) in [6, 6.07) is 0. The summed E-state index contributed by atoms with van der Waals surface area (Å²) in [7, 11) is 0. The van der Waals surface area contributed by atoms with Crippen LogP contribution >= 0.6 is 11.3 Å². The topological polar surface area (TPSA) is 81.2 Å². The summed E-state index contributed by atoms with van der Waals surface area (Å²) < 4.78 is 5.42. The molecule has 3 rings (SSSR count). The highest BCUT2D eigenvalue weighted by Crippen LogP contribution is 2.40. The monoisotopic (exact) mass is 373 g/mol. The number of thiophene rings is 1. The van der Waals surface area contributed by atoms with E-state index in [9.17, 15) is 9.59 Å². The van der Waals surface area contributed by atoms with Gasteiger partial charge in [0.25, 0.3) is 5.91 Å². The number of esters is 1. The first kappa shape index (κ1) is 18.5. The number of ether oxygens (including phenoxy) is 1. The van der Waals surface area contributed by atoms with Crippen LogP contribution < -0.4 is 5.32 Å². The SMILES string of the molecule is Cc1cnc(C(=O)Nc2sc3c(c2C(=O)OC(C)C)CC[C@@H](C)C3)cn1. The fourth-order valence-electron chi connectivity index (χ4n) is 3.00. The molecule has 0 aliphatic heterocycles. The summed E-state index contributed by atoms with van der Waals surface area (Å²) in [6.07, 6.45) is 5.55. The fourth-order valence-corrected chi connectivity index (χ4v) is 4.40. The zero-order chi connectivity index (χ0) is 18.8. The quantitative estimate of drug-likeness (QED) is 0.825. The normalized spacial score (nSPS) is 16.3. The molecule has 6 nitrogen and oxygen atoms in total. The third kappa shape index (κ3) is 3.93. The van der Waals surface area contributed by atoms with Crippen molar-refractivity contribution in [1.82, 2.24) is 9.97 Å². The highest BCUT2D eigenvalue weighted by atomic mass is 32.1. The molecule has 0 bridgehead atoms. The van der Waals surface area contributed by atoms with E-state index in [-0.39, 0.29) is 23.7 Å². The number of anilines is 1. The summed E-state index contributed by atoms with van der Waals surface area (Å²) in [4.78, 5) is 34.6. The van der Waals surface area contributed by atoms with Gasteiger partial charge in [-0.3, -0.25) is 9.78 Å². The molecule has 2 aromatic heterocycles. The lowest BCUT2D eigenvalue weighted by Crippen LogP contribution is -2.19. The van der Waals surface area contributed by atoms with Gasteiger partial charge in [-0.25, -0.2) is 9.78 Å². The molecule has 0 aromatic carbocycles. The van der Waals surface area contributed by atoms with Gasteiger partial charge in [0.15, 0.2) is 0 Å². The molecule has 26 heavy (non-hydrogen) atoms. The van der Waals surface area contributed by atoms with E-state index in [2.05, 4.69) is 22.2 Å². The van der Waals surface area contributed by atoms with E-state index in [0.29, 0.717) is 16.5 Å². The molecule has 0 unspecified atom stereocenters. The number of hydrogen-bond acceptors (Lipinski definition) is 6. The second-order valence-electron chi connectivity index (χ2n) is 7.01. The Balaban J connectivity index is 1.93. The van der Waals surface area contributed by atoms with Gasteiger partial charge < -0.3 is 10.1 Å². The molecule has 1 aliphatic rings. The molecular weight excluding hydrogens is 350 g/mol. The predicted octanol–water partition coefficient (Wildman–Crippen LogP) is 3.79. The maximum absolute atomic E-state index is 12.7. The van der Waals surface area contributed by atoms with Crippen LogP contribution in [0.15, 0.2) is 12.4 Å². The smallest absolute Gasteiger partial charge is 0.341 e. The standard InChI is InChI=1S/C19H23N3O3S/c1-10(2)25-19(24)16-13-6-5-11(3)7-15(13)26-18(16)22-17(23)14-9-20-12(4)8-21-14/h8-11H,5-7H2,1-4H3,(H,22,23)/t11-/m1/s1. The van der Waals surface area contributed by atoms with Crippen LogP contribution in [0.1, 0.15) is 64.2 Å². The minimum absolute atomic E-state index is 0.216. The third-order valence-electron chi connectivity index (χ3n) is 4.30. The Bertz CT molecular complexity index is 827. The van der Waals surface area contributed by atoms with Crippen molar-refractivity contribution in [3.05, 3.63) is 39.8 Å². The number of nitrogens with zero attached hydrogens (tertiary/aromatic N) is 2. The Hall–Kier alpha value is -2.28. The van der Waals surface area contributed by atoms with Crippen LogP contribution in [0.4, 0.5) is 5.00 Å². The van der Waals surface area contributed by atoms with E-state index >= 15 is 0 Å². The summed E-state index contributed by atoms with van der Waals surface area (Å²) >= 11 is 1.47. The molecule has 0 radical (unpaired) electrons. The molecule has 1 N–H and O–H groups in total. The van der Waals surface area contributed by atoms with E-state index in [1.165, 1.54) is 17.5 Å². The van der Waals surface area contributed by atoms with Crippen LogP contribution in [0.2, 0.25) is 0 Å². The summed E-state index contributed by atoms with van der Waals surface area (Å²) in [5.74, 6) is -0.179. The van der Waals surface area contributed by atoms with Crippen LogP contribution in [0.25, 0.3) is 0 Å². The predicted molar refractivity (Wildman–Crippen MR) is 101 cm³/mol. The first-order valence-electron chi connectivity index (χ1n) is 8.80. The number of hydrogen-bond donors (Lipinski definition) is 1. The van der Waals surface area contributed by atoms with Crippen molar-refractivity contribution in [2.75, 3.05) is 5.32 Å². The largest absolute Gasteiger partial charge is 0.459 e. The van der Waals surface area contributed by atoms with Gasteiger partial charge in [0, 0.05) is 11.1 Å². The highest BCUT2D eigenvalue weighted by molar-refractivity contribution is 7.17. The number of carbonyl (C=O) groups is 2. The number of rotatable bonds is 4. The Kier molecular flexibility index (Phi) is 5.36. The van der Waals surface area contributed by atoms with Gasteiger partial charge in [0.2, 0.25) is 0 Å². The Morgan fingerprint density at radius 2 is 2.08 bits per heavy atom. The van der Waals surface area contributed by atoms with Crippen molar-refractivity contribution >= 4 is 28.2 Å². The van der Waals surface area contributed by atoms with Gasteiger partial charge in [-0.2, -0.15) is 0 Å². The van der Waals surface area contributed by atoms with Crippen molar-refractivity contribution in [3.8, 4) is 0 Å². The molecule has 2 heterocycles. The number of aryl methyl sites for hydroxylation is 1. The molecule has 0 fully saturated rings. The van der Waals surface area contributed by atoms with Crippen LogP contribution in [-0.2, 0) is 17.6 Å². The van der Waals surface area contributed by atoms with Gasteiger partial charge in [0.05, 0.1) is 23.6 Å². The zero-order valence-corrected chi connectivity index (χ0v) is 16.3. The van der Waals surface area contributed by atoms with Crippen molar-refractivity contribution in [1.29, 1.82) is 0 Å². The van der Waals surface area contributed by atoms with Crippen molar-refractivity contribution in [3.63, 3.8) is 0 Å². The van der Waals surface area contributed by atoms with Crippen molar-refractivity contribution in [2.45, 2.75) is 53.1 Å². The van der Waals surface area contributed by atoms with Gasteiger partial charge in [-0.15, -0.1) is 11.3 Å². The van der Waals surface area contributed by atoms with Gasteiger partial charge in [0.1, 0.15) is 10.7 Å². The lowest BCUT2D eigenvalue weighted by molar-refractivity contribution is 0.0378. The molecule has 0 spiro atoms. The molecule has 138 valence electrons. The van der Waals surface area contributed by atoms with E-state index in [1.54, 1.807) is 6.20 Å². The van der Waals surface area contributed by atoms with E-state index in [0.717, 1.165) is 35.4 Å². The third-order valence-corrected chi connectivity index (χ3v) is 5.47. The Labute approximate surface area is 157 Å². The molecule has 0 saturated carbocycles. The van der Waals surface area contributed by atoms with E-state index < -0.39 is 0 Å². The summed E-state index contributed by atoms with van der Waals surface area (Å²) in [5.41, 5.74) is 2.48. The van der Waals surface area contributed by atoms with Crippen molar-refractivity contribution in [2.24, 2.45) is 5.92 Å². The molecule has 2 aromatic rings. The van der Waals surface area contributed by atoms with Crippen LogP contribution in [0, 0.1) is 12.8 Å². The summed E-state index contributed by atoms with van der Waals surface area (Å²) in [5, 5.41) is 3.39. The first-order valence-corrected chi connectivity index (χ1v) is 9.62. The number of aromatic nitrogens is 2. The second kappa shape index (κ2) is 7.53. The molecule has 0 saturated heterocycles. The lowest BCUT2D eigenvalue weighted by atomic mass is 9.88. The van der Waals surface area contributed by atoms with E-state index in [1.807, 2.05) is 20.8 Å². The molecule has 1 amide bonds. The highest BCUT2D eigenvalue weighted by Gasteiger charge is 2.30. The van der Waals surface area contributed by atoms with Crippen LogP contribution in [0.5, 0.6) is 0 Å². The Morgan fingerprint density at radius 3 is 2.73 bits per heavy atom. The zero-order valence-electron chi connectivity index (χ0n) is 15.5. The lowest BCUT2D eigenvalue weighted by Gasteiger charge is -2.18. The second-order valence-corrected chi connectivity index (χ2v) is 8.11. The number of nitrogens with one attached hydrogen (secondary N) is 1. The summed E-state index contributed by atoms with van der Waals surface area (Å²) in [6.45, 7) is 7.65. The maximum Gasteiger partial charge on any atom is 0.341 e. The Morgan fingerprint density at radius 1 is 1.31 bits per heavy atom. The average molecular weight is 373 g/mol. The molecule has 7 heteroatoms. The number of carbonyl (C=O) groups excluding carboxylic acids is 2. The number of amides is 1. The van der Waals surface area contributed by atoms with Gasteiger partial charge in [-0.05, 0) is 51.5 Å². The van der Waals surface area contributed by atoms with Gasteiger partial charge in [-0.1, -0.05) is 6.92 Å². The van der Waals surface area contributed by atoms with Crippen LogP contribution in [0.3, 0.4) is 0 Å². The van der Waals surface area contributed by atoms with Crippen LogP contribution in [-0.4, -0.2) is 27.9 Å².